The van der Waals surface area contributed by atoms with E-state index in [-0.39, 0.29) is 12.7 Å². The molecule has 1 fully saturated rings. The molecule has 1 aliphatic heterocycles. The smallest absolute Gasteiger partial charge is 0.0932 e. The van der Waals surface area contributed by atoms with Gasteiger partial charge in [0.15, 0.2) is 0 Å². The van der Waals surface area contributed by atoms with Crippen molar-refractivity contribution in [2.75, 3.05) is 39.9 Å². The summed E-state index contributed by atoms with van der Waals surface area (Å²) in [7, 11) is 1.98. The maximum atomic E-state index is 9.16. The second kappa shape index (κ2) is 7.96. The number of aliphatic hydroxyl groups excluding tert-OH is 1. The van der Waals surface area contributed by atoms with Crippen molar-refractivity contribution in [2.24, 2.45) is 0 Å². The van der Waals surface area contributed by atoms with Gasteiger partial charge in [0.05, 0.1) is 19.3 Å². The van der Waals surface area contributed by atoms with E-state index >= 15 is 0 Å². The van der Waals surface area contributed by atoms with Gasteiger partial charge in [0.1, 0.15) is 0 Å². The highest BCUT2D eigenvalue weighted by Gasteiger charge is 2.20. The molecule has 1 saturated heterocycles. The van der Waals surface area contributed by atoms with Gasteiger partial charge in [0.25, 0.3) is 0 Å². The molecule has 1 heterocycles. The summed E-state index contributed by atoms with van der Waals surface area (Å²) in [5.74, 6) is 0. The van der Waals surface area contributed by atoms with Crippen molar-refractivity contribution in [3.8, 4) is 0 Å². The van der Waals surface area contributed by atoms with Crippen LogP contribution >= 0.6 is 11.6 Å². The molecule has 0 aliphatic carbocycles. The molecule has 0 radical (unpaired) electrons. The summed E-state index contributed by atoms with van der Waals surface area (Å²) in [5, 5.41) is 13.3. The first kappa shape index (κ1) is 15.7. The molecule has 1 aromatic carbocycles. The van der Waals surface area contributed by atoms with Gasteiger partial charge in [0.2, 0.25) is 0 Å². The zero-order valence-corrected chi connectivity index (χ0v) is 12.6. The predicted molar refractivity (Wildman–Crippen MR) is 81.1 cm³/mol. The lowest BCUT2D eigenvalue weighted by Gasteiger charge is -2.33. The summed E-state index contributed by atoms with van der Waals surface area (Å²) in [6.07, 6.45) is 0.989. The number of hydrogen-bond acceptors (Lipinski definition) is 4. The standard InChI is InChI=1S/C15H23ClN2O2/c1-17-15(12-2-4-13(16)5-3-12)6-7-18-8-9-20-14(10-18)11-19/h2-5,14-15,17,19H,6-11H2,1H3. The van der Waals surface area contributed by atoms with Gasteiger partial charge in [-0.15, -0.1) is 0 Å². The lowest BCUT2D eigenvalue weighted by Crippen LogP contribution is -2.44. The van der Waals surface area contributed by atoms with Gasteiger partial charge in [-0.3, -0.25) is 4.90 Å². The van der Waals surface area contributed by atoms with Crippen molar-refractivity contribution in [3.05, 3.63) is 34.9 Å². The lowest BCUT2D eigenvalue weighted by molar-refractivity contribution is -0.0533. The minimum atomic E-state index is -0.0349. The fourth-order valence-corrected chi connectivity index (χ4v) is 2.70. The summed E-state index contributed by atoms with van der Waals surface area (Å²) < 4.78 is 5.47. The van der Waals surface area contributed by atoms with Crippen LogP contribution in [0.4, 0.5) is 0 Å². The number of halogens is 1. The molecule has 20 heavy (non-hydrogen) atoms. The van der Waals surface area contributed by atoms with Crippen LogP contribution in [0.15, 0.2) is 24.3 Å². The molecule has 0 amide bonds. The Balaban J connectivity index is 1.85. The molecular formula is C15H23ClN2O2. The Bertz CT molecular complexity index is 399. The van der Waals surface area contributed by atoms with Crippen LogP contribution in [0.5, 0.6) is 0 Å². The van der Waals surface area contributed by atoms with E-state index < -0.39 is 0 Å². The molecule has 1 aromatic rings. The van der Waals surface area contributed by atoms with Crippen molar-refractivity contribution in [2.45, 2.75) is 18.6 Å². The molecule has 112 valence electrons. The van der Waals surface area contributed by atoms with Crippen LogP contribution in [-0.4, -0.2) is 56.0 Å². The Hall–Kier alpha value is -0.650. The highest BCUT2D eigenvalue weighted by Crippen LogP contribution is 2.20. The van der Waals surface area contributed by atoms with Crippen molar-refractivity contribution in [1.29, 1.82) is 0 Å². The van der Waals surface area contributed by atoms with Crippen molar-refractivity contribution in [3.63, 3.8) is 0 Å². The van der Waals surface area contributed by atoms with Crippen molar-refractivity contribution >= 4 is 11.6 Å². The minimum absolute atomic E-state index is 0.0349. The zero-order chi connectivity index (χ0) is 14.4. The minimum Gasteiger partial charge on any atom is -0.394 e. The molecule has 2 unspecified atom stereocenters. The molecule has 2 N–H and O–H groups in total. The first-order valence-electron chi connectivity index (χ1n) is 7.10. The third-order valence-corrected chi connectivity index (χ3v) is 4.03. The highest BCUT2D eigenvalue weighted by molar-refractivity contribution is 6.30. The molecule has 0 saturated carbocycles. The number of morpholine rings is 1. The quantitative estimate of drug-likeness (QED) is 0.839. The highest BCUT2D eigenvalue weighted by atomic mass is 35.5. The third-order valence-electron chi connectivity index (χ3n) is 3.78. The largest absolute Gasteiger partial charge is 0.394 e. The molecule has 1 aliphatic rings. The Morgan fingerprint density at radius 2 is 2.20 bits per heavy atom. The number of rotatable bonds is 6. The van der Waals surface area contributed by atoms with Crippen LogP contribution in [0.2, 0.25) is 5.02 Å². The Morgan fingerprint density at radius 1 is 1.45 bits per heavy atom. The zero-order valence-electron chi connectivity index (χ0n) is 11.9. The van der Waals surface area contributed by atoms with Crippen LogP contribution in [0.3, 0.4) is 0 Å². The topological polar surface area (TPSA) is 44.7 Å². The number of aliphatic hydroxyl groups is 1. The molecule has 2 atom stereocenters. The molecule has 0 spiro atoms. The SMILES string of the molecule is CNC(CCN1CCOC(CO)C1)c1ccc(Cl)cc1. The van der Waals surface area contributed by atoms with Crippen LogP contribution in [0.1, 0.15) is 18.0 Å². The maximum Gasteiger partial charge on any atom is 0.0932 e. The molecule has 5 heteroatoms. The number of hydrogen-bond donors (Lipinski definition) is 2. The van der Waals surface area contributed by atoms with Gasteiger partial charge < -0.3 is 15.2 Å². The first-order valence-corrected chi connectivity index (χ1v) is 7.48. The van der Waals surface area contributed by atoms with Crippen molar-refractivity contribution in [1.82, 2.24) is 10.2 Å². The van der Waals surface area contributed by atoms with Gasteiger partial charge in [-0.1, -0.05) is 23.7 Å². The Morgan fingerprint density at radius 3 is 2.85 bits per heavy atom. The first-order chi connectivity index (χ1) is 9.72. The molecular weight excluding hydrogens is 276 g/mol. The molecule has 2 rings (SSSR count). The number of nitrogens with zero attached hydrogens (tertiary/aromatic N) is 1. The molecule has 4 nitrogen and oxygen atoms in total. The predicted octanol–water partition coefficient (Wildman–Crippen LogP) is 1.68. The molecule has 0 bridgehead atoms. The van der Waals surface area contributed by atoms with E-state index in [0.717, 1.165) is 31.1 Å². The summed E-state index contributed by atoms with van der Waals surface area (Å²) in [5.41, 5.74) is 1.25. The van der Waals surface area contributed by atoms with E-state index in [2.05, 4.69) is 22.3 Å². The fourth-order valence-electron chi connectivity index (χ4n) is 2.58. The van der Waals surface area contributed by atoms with Crippen LogP contribution in [0, 0.1) is 0 Å². The second-order valence-corrected chi connectivity index (χ2v) is 5.59. The van der Waals surface area contributed by atoms with E-state index in [9.17, 15) is 0 Å². The van der Waals surface area contributed by atoms with Crippen molar-refractivity contribution < 1.29 is 9.84 Å². The van der Waals surface area contributed by atoms with Crippen LogP contribution in [0.25, 0.3) is 0 Å². The summed E-state index contributed by atoms with van der Waals surface area (Å²) >= 11 is 5.92. The second-order valence-electron chi connectivity index (χ2n) is 5.16. The monoisotopic (exact) mass is 298 g/mol. The van der Waals surface area contributed by atoms with Gasteiger partial charge >= 0.3 is 0 Å². The van der Waals surface area contributed by atoms with E-state index in [0.29, 0.717) is 12.6 Å². The van der Waals surface area contributed by atoms with Gasteiger partial charge in [0, 0.05) is 30.7 Å². The Labute approximate surface area is 125 Å². The van der Waals surface area contributed by atoms with E-state index in [1.165, 1.54) is 5.56 Å². The normalized spacial score (nSPS) is 21.9. The average molecular weight is 299 g/mol. The van der Waals surface area contributed by atoms with E-state index in [1.54, 1.807) is 0 Å². The summed E-state index contributed by atoms with van der Waals surface area (Å²) in [6.45, 7) is 3.55. The number of nitrogens with one attached hydrogen (secondary N) is 1. The van der Waals surface area contributed by atoms with Gasteiger partial charge in [-0.25, -0.2) is 0 Å². The molecule has 0 aromatic heterocycles. The van der Waals surface area contributed by atoms with Crippen LogP contribution < -0.4 is 5.32 Å². The van der Waals surface area contributed by atoms with Gasteiger partial charge in [-0.05, 0) is 31.2 Å². The Kier molecular flexibility index (Phi) is 6.26. The summed E-state index contributed by atoms with van der Waals surface area (Å²) in [6, 6.07) is 8.32. The number of benzene rings is 1. The maximum absolute atomic E-state index is 9.16. The van der Waals surface area contributed by atoms with Crippen LogP contribution in [-0.2, 0) is 4.74 Å². The van der Waals surface area contributed by atoms with E-state index in [1.807, 2.05) is 19.2 Å². The fraction of sp³-hybridized carbons (Fsp3) is 0.600. The lowest BCUT2D eigenvalue weighted by atomic mass is 10.0. The average Bonchev–Trinajstić information content (AvgIpc) is 2.50. The third kappa shape index (κ3) is 4.43. The number of ether oxygens (including phenoxy) is 1. The van der Waals surface area contributed by atoms with Gasteiger partial charge in [-0.2, -0.15) is 0 Å². The van der Waals surface area contributed by atoms with E-state index in [4.69, 9.17) is 21.4 Å². The summed E-state index contributed by atoms with van der Waals surface area (Å²) in [4.78, 5) is 2.35.